The van der Waals surface area contributed by atoms with Crippen molar-refractivity contribution in [2.24, 2.45) is 5.92 Å². The van der Waals surface area contributed by atoms with Crippen LogP contribution in [-0.2, 0) is 0 Å². The van der Waals surface area contributed by atoms with E-state index in [1.54, 1.807) is 0 Å². The zero-order valence-corrected chi connectivity index (χ0v) is 19.9. The van der Waals surface area contributed by atoms with Crippen LogP contribution in [0.5, 0.6) is 0 Å². The Morgan fingerprint density at radius 3 is 2.36 bits per heavy atom. The Kier molecular flexibility index (Phi) is 6.84. The molecule has 5 nitrogen and oxygen atoms in total. The summed E-state index contributed by atoms with van der Waals surface area (Å²) in [6.07, 6.45) is 7.78. The van der Waals surface area contributed by atoms with E-state index in [2.05, 4.69) is 55.3 Å². The second-order valence-electron chi connectivity index (χ2n) is 8.54. The summed E-state index contributed by atoms with van der Waals surface area (Å²) in [5.41, 5.74) is 8.43. The van der Waals surface area contributed by atoms with Crippen LogP contribution in [0.15, 0.2) is 54.9 Å². The number of nitrogens with zero attached hydrogens (tertiary/aromatic N) is 5. The van der Waals surface area contributed by atoms with E-state index in [4.69, 9.17) is 9.97 Å². The van der Waals surface area contributed by atoms with E-state index in [-0.39, 0.29) is 5.92 Å². The van der Waals surface area contributed by atoms with E-state index in [1.165, 1.54) is 5.56 Å². The summed E-state index contributed by atoms with van der Waals surface area (Å²) in [7, 11) is 0. The number of benzene rings is 1. The van der Waals surface area contributed by atoms with Crippen LogP contribution in [-0.4, -0.2) is 19.6 Å². The first-order valence-corrected chi connectivity index (χ1v) is 11.9. The molecule has 1 saturated carbocycles. The number of pyridine rings is 1. The molecule has 4 aromatic rings. The summed E-state index contributed by atoms with van der Waals surface area (Å²) >= 11 is 0. The largest absolute Gasteiger partial charge is 0.256 e. The first-order valence-electron chi connectivity index (χ1n) is 11.9. The first kappa shape index (κ1) is 22.7. The maximum Gasteiger partial charge on any atom is 0.163 e. The van der Waals surface area contributed by atoms with Gasteiger partial charge in [-0.15, -0.1) is 0 Å². The molecular weight excluding hydrogens is 406 g/mol. The van der Waals surface area contributed by atoms with Gasteiger partial charge in [-0.1, -0.05) is 44.2 Å². The van der Waals surface area contributed by atoms with Gasteiger partial charge in [0.1, 0.15) is 0 Å². The zero-order chi connectivity index (χ0) is 23.4. The van der Waals surface area contributed by atoms with Gasteiger partial charge >= 0.3 is 0 Å². The summed E-state index contributed by atoms with van der Waals surface area (Å²) in [4.78, 5) is 9.76. The summed E-state index contributed by atoms with van der Waals surface area (Å²) in [6.45, 7) is 8.18. The Morgan fingerprint density at radius 1 is 0.939 bits per heavy atom. The molecule has 0 unspecified atom stereocenters. The number of rotatable bonds is 3. The van der Waals surface area contributed by atoms with E-state index in [0.717, 1.165) is 65.1 Å². The maximum atomic E-state index is 9.19. The van der Waals surface area contributed by atoms with Crippen LogP contribution in [0, 0.1) is 31.1 Å². The molecule has 3 heterocycles. The lowest BCUT2D eigenvalue weighted by Gasteiger charge is -2.24. The molecule has 3 aromatic heterocycles. The van der Waals surface area contributed by atoms with E-state index in [9.17, 15) is 5.26 Å². The molecule has 5 heteroatoms. The third-order valence-corrected chi connectivity index (χ3v) is 6.49. The van der Waals surface area contributed by atoms with Gasteiger partial charge in [0.2, 0.25) is 0 Å². The van der Waals surface area contributed by atoms with Gasteiger partial charge in [0, 0.05) is 46.1 Å². The molecule has 1 aliphatic rings. The fraction of sp³-hybridized carbons (Fsp3) is 0.357. The van der Waals surface area contributed by atoms with Gasteiger partial charge in [0.25, 0.3) is 0 Å². The molecule has 0 amide bonds. The number of fused-ring (bicyclic) bond motifs is 1. The molecule has 5 rings (SSSR count). The van der Waals surface area contributed by atoms with E-state index in [1.807, 2.05) is 42.9 Å². The summed E-state index contributed by atoms with van der Waals surface area (Å²) < 4.78 is 1.91. The normalized spacial score (nSPS) is 17.8. The molecule has 1 aromatic carbocycles. The molecule has 168 valence electrons. The van der Waals surface area contributed by atoms with Crippen molar-refractivity contribution in [1.29, 1.82) is 5.26 Å². The summed E-state index contributed by atoms with van der Waals surface area (Å²) in [6, 6.07) is 17.0. The van der Waals surface area contributed by atoms with Gasteiger partial charge in [-0.25, -0.2) is 9.50 Å². The van der Waals surface area contributed by atoms with Crippen LogP contribution in [0.4, 0.5) is 0 Å². The topological polar surface area (TPSA) is 66.9 Å². The Bertz CT molecular complexity index is 1270. The molecule has 1 aliphatic carbocycles. The molecule has 0 N–H and O–H groups in total. The van der Waals surface area contributed by atoms with Crippen LogP contribution in [0.1, 0.15) is 62.4 Å². The lowest BCUT2D eigenvalue weighted by molar-refractivity contribution is 0.377. The van der Waals surface area contributed by atoms with Gasteiger partial charge in [0.05, 0.1) is 18.0 Å². The predicted octanol–water partition coefficient (Wildman–Crippen LogP) is 6.90. The number of aromatic nitrogens is 4. The van der Waals surface area contributed by atoms with Gasteiger partial charge < -0.3 is 0 Å². The van der Waals surface area contributed by atoms with Gasteiger partial charge in [-0.2, -0.15) is 10.4 Å². The highest BCUT2D eigenvalue weighted by Gasteiger charge is 2.24. The van der Waals surface area contributed by atoms with Crippen molar-refractivity contribution in [3.05, 3.63) is 71.8 Å². The number of nitriles is 1. The standard InChI is InChI=1S/C26H25N5.C2H6/c1-17-5-3-4-6-22(17)24-12-11-21(15-28-24)23-16-29-31-18(2)13-25(30-26(23)31)20-9-7-19(14-27)8-10-20;1-2/h3-6,11-13,15-16,19-20H,7-10H2,1-2H3;1-2H3. The number of hydrogen-bond acceptors (Lipinski definition) is 4. The minimum absolute atomic E-state index is 0.199. The molecule has 0 aliphatic heterocycles. The smallest absolute Gasteiger partial charge is 0.163 e. The molecule has 1 fully saturated rings. The van der Waals surface area contributed by atoms with Crippen molar-refractivity contribution in [1.82, 2.24) is 19.6 Å². The molecule has 33 heavy (non-hydrogen) atoms. The minimum Gasteiger partial charge on any atom is -0.256 e. The quantitative estimate of drug-likeness (QED) is 0.350. The van der Waals surface area contributed by atoms with Crippen LogP contribution in [0.2, 0.25) is 0 Å². The van der Waals surface area contributed by atoms with E-state index >= 15 is 0 Å². The number of hydrogen-bond donors (Lipinski definition) is 0. The van der Waals surface area contributed by atoms with Crippen LogP contribution < -0.4 is 0 Å². The van der Waals surface area contributed by atoms with Gasteiger partial charge in [-0.05, 0) is 57.2 Å². The van der Waals surface area contributed by atoms with Crippen LogP contribution >= 0.6 is 0 Å². The highest BCUT2D eigenvalue weighted by atomic mass is 15.3. The molecule has 0 radical (unpaired) electrons. The molecular formula is C28H31N5. The first-order chi connectivity index (χ1) is 16.1. The predicted molar refractivity (Wildman–Crippen MR) is 133 cm³/mol. The fourth-order valence-corrected chi connectivity index (χ4v) is 4.64. The number of aryl methyl sites for hydroxylation is 2. The Morgan fingerprint density at radius 2 is 1.70 bits per heavy atom. The van der Waals surface area contributed by atoms with Crippen molar-refractivity contribution in [3.63, 3.8) is 0 Å². The lowest BCUT2D eigenvalue weighted by Crippen LogP contribution is -2.14. The second-order valence-corrected chi connectivity index (χ2v) is 8.54. The summed E-state index contributed by atoms with van der Waals surface area (Å²) in [5, 5.41) is 13.8. The molecule has 0 bridgehead atoms. The second kappa shape index (κ2) is 9.95. The lowest BCUT2D eigenvalue weighted by atomic mass is 9.81. The highest BCUT2D eigenvalue weighted by molar-refractivity contribution is 5.78. The van der Waals surface area contributed by atoms with Crippen molar-refractivity contribution in [3.8, 4) is 28.5 Å². The average molecular weight is 438 g/mol. The van der Waals surface area contributed by atoms with Crippen molar-refractivity contribution in [2.75, 3.05) is 0 Å². The Hall–Kier alpha value is -3.52. The third-order valence-electron chi connectivity index (χ3n) is 6.49. The van der Waals surface area contributed by atoms with Crippen LogP contribution in [0.25, 0.3) is 28.0 Å². The maximum absolute atomic E-state index is 9.19. The molecule has 0 spiro atoms. The van der Waals surface area contributed by atoms with Crippen molar-refractivity contribution < 1.29 is 0 Å². The zero-order valence-electron chi connectivity index (χ0n) is 19.9. The van der Waals surface area contributed by atoms with Gasteiger partial charge in [0.15, 0.2) is 5.65 Å². The van der Waals surface area contributed by atoms with E-state index < -0.39 is 0 Å². The SMILES string of the molecule is CC.Cc1ccccc1-c1ccc(-c2cnn3c(C)cc(C4CCC(C#N)CC4)nc23)cn1. The third kappa shape index (κ3) is 4.52. The van der Waals surface area contributed by atoms with Crippen molar-refractivity contribution >= 4 is 5.65 Å². The van der Waals surface area contributed by atoms with Gasteiger partial charge in [-0.3, -0.25) is 4.98 Å². The highest BCUT2D eigenvalue weighted by Crippen LogP contribution is 2.36. The Labute approximate surface area is 196 Å². The average Bonchev–Trinajstić information content (AvgIpc) is 3.30. The monoisotopic (exact) mass is 437 g/mol. The minimum atomic E-state index is 0.199. The van der Waals surface area contributed by atoms with Crippen LogP contribution in [0.3, 0.4) is 0 Å². The van der Waals surface area contributed by atoms with Crippen molar-refractivity contribution in [2.45, 2.75) is 59.3 Å². The molecule has 0 atom stereocenters. The Balaban J connectivity index is 0.00000126. The molecule has 0 saturated heterocycles. The summed E-state index contributed by atoms with van der Waals surface area (Å²) in [5.74, 6) is 0.613. The van der Waals surface area contributed by atoms with E-state index in [0.29, 0.717) is 5.92 Å². The fourth-order valence-electron chi connectivity index (χ4n) is 4.64.